The van der Waals surface area contributed by atoms with Gasteiger partial charge in [0.1, 0.15) is 6.67 Å². The van der Waals surface area contributed by atoms with E-state index in [0.717, 1.165) is 15.4 Å². The number of hydrogen-bond donors (Lipinski definition) is 1. The highest BCUT2D eigenvalue weighted by molar-refractivity contribution is 9.10. The van der Waals surface area contributed by atoms with E-state index in [2.05, 4.69) is 20.9 Å². The minimum absolute atomic E-state index is 0.428. The first-order chi connectivity index (χ1) is 5.83. The van der Waals surface area contributed by atoms with Crippen molar-refractivity contribution in [2.24, 2.45) is 0 Å². The summed E-state index contributed by atoms with van der Waals surface area (Å²) in [5, 5.41) is 0.944. The van der Waals surface area contributed by atoms with Gasteiger partial charge in [0.05, 0.1) is 0 Å². The van der Waals surface area contributed by atoms with Gasteiger partial charge in [-0.3, -0.25) is 0 Å². The van der Waals surface area contributed by atoms with Gasteiger partial charge in [0.15, 0.2) is 0 Å². The second-order valence-electron chi connectivity index (χ2n) is 2.61. The molecule has 0 unspecified atom stereocenters. The van der Waals surface area contributed by atoms with Gasteiger partial charge in [-0.1, -0.05) is 22.0 Å². The molecule has 0 aliphatic rings. The lowest BCUT2D eigenvalue weighted by Gasteiger charge is -1.94. The number of aromatic amines is 1. The molecular weight excluding hydrogens is 221 g/mol. The maximum absolute atomic E-state index is 12.4. The summed E-state index contributed by atoms with van der Waals surface area (Å²) in [5.74, 6) is 0. The lowest BCUT2D eigenvalue weighted by Crippen LogP contribution is -1.74. The highest BCUT2D eigenvalue weighted by Gasteiger charge is 2.05. The Balaban J connectivity index is 2.83. The Morgan fingerprint density at radius 3 is 3.00 bits per heavy atom. The van der Waals surface area contributed by atoms with E-state index in [4.69, 9.17) is 0 Å². The highest BCUT2D eigenvalue weighted by atomic mass is 79.9. The molecule has 62 valence electrons. The maximum atomic E-state index is 12.4. The van der Waals surface area contributed by atoms with Gasteiger partial charge in [0.2, 0.25) is 0 Å². The zero-order valence-corrected chi connectivity index (χ0v) is 7.86. The Bertz CT molecular complexity index is 408. The van der Waals surface area contributed by atoms with Gasteiger partial charge in [-0.15, -0.1) is 0 Å². The number of H-pyrrole nitrogens is 1. The predicted molar refractivity (Wildman–Crippen MR) is 50.8 cm³/mol. The Labute approximate surface area is 77.7 Å². The molecule has 2 rings (SSSR count). The number of aromatic nitrogens is 1. The van der Waals surface area contributed by atoms with Crippen LogP contribution < -0.4 is 0 Å². The van der Waals surface area contributed by atoms with Crippen LogP contribution in [0.25, 0.3) is 10.9 Å². The zero-order valence-electron chi connectivity index (χ0n) is 6.27. The van der Waals surface area contributed by atoms with Crippen molar-refractivity contribution in [1.82, 2.24) is 4.98 Å². The molecule has 1 aromatic carbocycles. The minimum atomic E-state index is -0.428. The Kier molecular flexibility index (Phi) is 1.89. The first-order valence-corrected chi connectivity index (χ1v) is 4.42. The van der Waals surface area contributed by atoms with Gasteiger partial charge in [-0.2, -0.15) is 0 Å². The molecule has 12 heavy (non-hydrogen) atoms. The van der Waals surface area contributed by atoms with Crippen molar-refractivity contribution in [1.29, 1.82) is 0 Å². The van der Waals surface area contributed by atoms with Crippen molar-refractivity contribution in [2.75, 3.05) is 0 Å². The lowest BCUT2D eigenvalue weighted by atomic mass is 10.2. The molecule has 0 amide bonds. The summed E-state index contributed by atoms with van der Waals surface area (Å²) in [7, 11) is 0. The van der Waals surface area contributed by atoms with Gasteiger partial charge >= 0.3 is 0 Å². The van der Waals surface area contributed by atoms with Crippen LogP contribution in [0, 0.1) is 0 Å². The number of fused-ring (bicyclic) bond motifs is 1. The topological polar surface area (TPSA) is 15.8 Å². The molecule has 0 saturated carbocycles. The first-order valence-electron chi connectivity index (χ1n) is 3.63. The van der Waals surface area contributed by atoms with Gasteiger partial charge in [-0.05, 0) is 12.1 Å². The van der Waals surface area contributed by atoms with Crippen molar-refractivity contribution >= 4 is 26.8 Å². The third kappa shape index (κ3) is 1.05. The molecule has 1 aromatic heterocycles. The van der Waals surface area contributed by atoms with E-state index in [9.17, 15) is 4.39 Å². The number of halogens is 2. The summed E-state index contributed by atoms with van der Waals surface area (Å²) in [5.41, 5.74) is 1.68. The molecule has 0 atom stereocenters. The molecule has 0 aliphatic heterocycles. The number of benzene rings is 1. The smallest absolute Gasteiger partial charge is 0.117 e. The standard InChI is InChI=1S/C9H7BrFN/c10-7-2-1-3-8-9(7)6(4-11)5-12-8/h1-3,5,12H,4H2. The van der Waals surface area contributed by atoms with Gasteiger partial charge in [0.25, 0.3) is 0 Å². The van der Waals surface area contributed by atoms with Gasteiger partial charge in [-0.25, -0.2) is 4.39 Å². The molecular formula is C9H7BrFN. The van der Waals surface area contributed by atoms with Crippen molar-refractivity contribution in [3.63, 3.8) is 0 Å². The molecule has 2 aromatic rings. The monoisotopic (exact) mass is 227 g/mol. The van der Waals surface area contributed by atoms with Crippen LogP contribution >= 0.6 is 15.9 Å². The van der Waals surface area contributed by atoms with Crippen LogP contribution in [0.15, 0.2) is 28.9 Å². The van der Waals surface area contributed by atoms with E-state index in [1.54, 1.807) is 6.20 Å². The average Bonchev–Trinajstić information content (AvgIpc) is 2.49. The molecule has 1 nitrogen and oxygen atoms in total. The fourth-order valence-electron chi connectivity index (χ4n) is 1.31. The van der Waals surface area contributed by atoms with Crippen LogP contribution in [0.3, 0.4) is 0 Å². The third-order valence-corrected chi connectivity index (χ3v) is 2.54. The largest absolute Gasteiger partial charge is 0.361 e. The average molecular weight is 228 g/mol. The highest BCUT2D eigenvalue weighted by Crippen LogP contribution is 2.27. The number of hydrogen-bond acceptors (Lipinski definition) is 0. The quantitative estimate of drug-likeness (QED) is 0.769. The van der Waals surface area contributed by atoms with Gasteiger partial charge < -0.3 is 4.98 Å². The summed E-state index contributed by atoms with van der Waals surface area (Å²) in [6, 6.07) is 5.76. The third-order valence-electron chi connectivity index (χ3n) is 1.88. The summed E-state index contributed by atoms with van der Waals surface area (Å²) in [4.78, 5) is 3.01. The molecule has 0 radical (unpaired) electrons. The summed E-state index contributed by atoms with van der Waals surface area (Å²) >= 11 is 3.38. The van der Waals surface area contributed by atoms with Crippen LogP contribution in [-0.4, -0.2) is 4.98 Å². The Morgan fingerprint density at radius 1 is 1.42 bits per heavy atom. The van der Waals surface area contributed by atoms with Crippen LogP contribution in [0.5, 0.6) is 0 Å². The van der Waals surface area contributed by atoms with E-state index in [-0.39, 0.29) is 0 Å². The van der Waals surface area contributed by atoms with Crippen LogP contribution in [0.4, 0.5) is 4.39 Å². The maximum Gasteiger partial charge on any atom is 0.117 e. The fourth-order valence-corrected chi connectivity index (χ4v) is 1.93. The molecule has 0 saturated heterocycles. The van der Waals surface area contributed by atoms with E-state index in [1.807, 2.05) is 18.2 Å². The predicted octanol–water partition coefficient (Wildman–Crippen LogP) is 3.40. The molecule has 1 heterocycles. The Morgan fingerprint density at radius 2 is 2.25 bits per heavy atom. The van der Waals surface area contributed by atoms with E-state index >= 15 is 0 Å². The molecule has 0 spiro atoms. The van der Waals surface area contributed by atoms with Crippen LogP contribution in [0.2, 0.25) is 0 Å². The lowest BCUT2D eigenvalue weighted by molar-refractivity contribution is 0.488. The number of nitrogens with one attached hydrogen (secondary N) is 1. The molecule has 3 heteroatoms. The molecule has 0 aliphatic carbocycles. The van der Waals surface area contributed by atoms with Crippen LogP contribution in [0.1, 0.15) is 5.56 Å². The number of rotatable bonds is 1. The molecule has 1 N–H and O–H groups in total. The fraction of sp³-hybridized carbons (Fsp3) is 0.111. The second-order valence-corrected chi connectivity index (χ2v) is 3.46. The first kappa shape index (κ1) is 7.80. The van der Waals surface area contributed by atoms with Gasteiger partial charge in [0, 0.05) is 27.1 Å². The SMILES string of the molecule is FCc1c[nH]c2cccc(Br)c12. The summed E-state index contributed by atoms with van der Waals surface area (Å²) in [6.07, 6.45) is 1.70. The van der Waals surface area contributed by atoms with Crippen molar-refractivity contribution in [3.8, 4) is 0 Å². The normalized spacial score (nSPS) is 10.8. The van der Waals surface area contributed by atoms with Crippen molar-refractivity contribution < 1.29 is 4.39 Å². The molecule has 0 bridgehead atoms. The second kappa shape index (κ2) is 2.90. The van der Waals surface area contributed by atoms with E-state index in [0.29, 0.717) is 5.56 Å². The van der Waals surface area contributed by atoms with E-state index in [1.165, 1.54) is 0 Å². The van der Waals surface area contributed by atoms with Crippen molar-refractivity contribution in [3.05, 3.63) is 34.4 Å². The van der Waals surface area contributed by atoms with E-state index < -0.39 is 6.67 Å². The van der Waals surface area contributed by atoms with Crippen molar-refractivity contribution in [2.45, 2.75) is 6.67 Å². The van der Waals surface area contributed by atoms with Crippen LogP contribution in [-0.2, 0) is 6.67 Å². The zero-order chi connectivity index (χ0) is 8.55. The summed E-state index contributed by atoms with van der Waals surface area (Å²) < 4.78 is 13.4. The summed E-state index contributed by atoms with van der Waals surface area (Å²) in [6.45, 7) is -0.428. The molecule has 0 fully saturated rings. The number of alkyl halides is 1. The Hall–Kier alpha value is -0.830. The minimum Gasteiger partial charge on any atom is -0.361 e.